The summed E-state index contributed by atoms with van der Waals surface area (Å²) in [6, 6.07) is 0. The number of nitrogens with one attached hydrogen (secondary N) is 1. The molecule has 0 aromatic rings. The number of hydrogen-bond donors (Lipinski definition) is 2. The van der Waals surface area contributed by atoms with E-state index in [4.69, 9.17) is 5.73 Å². The van der Waals surface area contributed by atoms with Gasteiger partial charge in [0.15, 0.2) is 5.11 Å². The second-order valence-corrected chi connectivity index (χ2v) is 2.45. The summed E-state index contributed by atoms with van der Waals surface area (Å²) < 4.78 is 0. The first-order valence-corrected chi connectivity index (χ1v) is 3.05. The molecule has 0 saturated carbocycles. The normalized spacial score (nSPS) is 9.22. The third-order valence-electron chi connectivity index (χ3n) is 0.771. The second-order valence-electron chi connectivity index (χ2n) is 2.01. The lowest BCUT2D eigenvalue weighted by atomic mass is 10.2. The van der Waals surface area contributed by atoms with Crippen LogP contribution in [0.25, 0.3) is 0 Å². The molecule has 0 aliphatic carbocycles. The van der Waals surface area contributed by atoms with Gasteiger partial charge in [-0.25, -0.2) is 0 Å². The van der Waals surface area contributed by atoms with Gasteiger partial charge in [-0.2, -0.15) is 0 Å². The van der Waals surface area contributed by atoms with Gasteiger partial charge in [0.25, 0.3) is 0 Å². The molecule has 0 aromatic heterocycles. The first-order chi connectivity index (χ1) is 4.04. The number of carbonyl (C=O) groups excluding carboxylic acids is 1. The molecule has 0 unspecified atom stereocenters. The minimum Gasteiger partial charge on any atom is -0.376 e. The van der Waals surface area contributed by atoms with Crippen LogP contribution in [-0.4, -0.2) is 11.0 Å². The summed E-state index contributed by atoms with van der Waals surface area (Å²) in [5.41, 5.74) is 5.03. The van der Waals surface area contributed by atoms with Gasteiger partial charge < -0.3 is 11.1 Å². The Balaban J connectivity index is 3.64. The molecule has 0 radical (unpaired) electrons. The Morgan fingerprint density at radius 3 is 2.22 bits per heavy atom. The first-order valence-electron chi connectivity index (χ1n) is 2.64. The van der Waals surface area contributed by atoms with Crippen molar-refractivity contribution < 1.29 is 4.79 Å². The van der Waals surface area contributed by atoms with E-state index in [2.05, 4.69) is 17.5 Å². The summed E-state index contributed by atoms with van der Waals surface area (Å²) in [5, 5.41) is 2.35. The number of rotatable bonds is 1. The Morgan fingerprint density at radius 1 is 1.67 bits per heavy atom. The quantitative estimate of drug-likeness (QED) is 0.512. The molecule has 52 valence electrons. The number of carbonyl (C=O) groups is 1. The molecule has 0 saturated heterocycles. The topological polar surface area (TPSA) is 55.1 Å². The highest BCUT2D eigenvalue weighted by Crippen LogP contribution is 1.88. The average Bonchev–Trinajstić information content (AvgIpc) is 1.63. The molecule has 0 heterocycles. The monoisotopic (exact) mass is 146 g/mol. The van der Waals surface area contributed by atoms with Crippen LogP contribution in [0.2, 0.25) is 0 Å². The van der Waals surface area contributed by atoms with E-state index in [1.54, 1.807) is 13.8 Å². The zero-order valence-electron chi connectivity index (χ0n) is 5.47. The van der Waals surface area contributed by atoms with Gasteiger partial charge in [0, 0.05) is 5.92 Å². The van der Waals surface area contributed by atoms with Crippen LogP contribution in [0.3, 0.4) is 0 Å². The molecule has 0 bridgehead atoms. The minimum absolute atomic E-state index is 0.0358. The van der Waals surface area contributed by atoms with Crippen molar-refractivity contribution in [2.75, 3.05) is 0 Å². The molecule has 1 amide bonds. The van der Waals surface area contributed by atoms with Crippen molar-refractivity contribution in [1.82, 2.24) is 5.32 Å². The number of amides is 1. The summed E-state index contributed by atoms with van der Waals surface area (Å²) >= 11 is 4.44. The highest BCUT2D eigenvalue weighted by atomic mass is 32.1. The summed E-state index contributed by atoms with van der Waals surface area (Å²) in [7, 11) is 0. The smallest absolute Gasteiger partial charge is 0.228 e. The van der Waals surface area contributed by atoms with Crippen LogP contribution < -0.4 is 11.1 Å². The molecular weight excluding hydrogens is 136 g/mol. The van der Waals surface area contributed by atoms with Gasteiger partial charge >= 0.3 is 0 Å². The molecule has 0 aliphatic rings. The van der Waals surface area contributed by atoms with Crippen LogP contribution in [0.1, 0.15) is 13.8 Å². The standard InChI is InChI=1S/C5H10N2OS/c1-3(2)4(8)7-5(6)9/h3H,1-2H3,(H3,6,7,8,9). The van der Waals surface area contributed by atoms with Crippen molar-refractivity contribution in [3.8, 4) is 0 Å². The summed E-state index contributed by atoms with van der Waals surface area (Å²) in [5.74, 6) is -0.200. The Bertz CT molecular complexity index is 133. The van der Waals surface area contributed by atoms with E-state index in [1.165, 1.54) is 0 Å². The van der Waals surface area contributed by atoms with E-state index in [-0.39, 0.29) is 16.9 Å². The number of thiocarbonyl (C=S) groups is 1. The zero-order chi connectivity index (χ0) is 7.44. The van der Waals surface area contributed by atoms with E-state index in [1.807, 2.05) is 0 Å². The molecule has 0 rings (SSSR count). The van der Waals surface area contributed by atoms with Crippen molar-refractivity contribution in [3.05, 3.63) is 0 Å². The first kappa shape index (κ1) is 8.36. The third-order valence-corrected chi connectivity index (χ3v) is 0.873. The summed E-state index contributed by atoms with van der Waals surface area (Å²) in [6.45, 7) is 3.54. The molecule has 9 heavy (non-hydrogen) atoms. The zero-order valence-corrected chi connectivity index (χ0v) is 6.29. The maximum Gasteiger partial charge on any atom is 0.228 e. The van der Waals surface area contributed by atoms with Crippen molar-refractivity contribution in [2.24, 2.45) is 11.7 Å². The van der Waals surface area contributed by atoms with Crippen LogP contribution in [0.15, 0.2) is 0 Å². The molecule has 0 atom stereocenters. The lowest BCUT2D eigenvalue weighted by molar-refractivity contribution is -0.122. The maximum atomic E-state index is 10.7. The van der Waals surface area contributed by atoms with Gasteiger partial charge in [0.1, 0.15) is 0 Å². The van der Waals surface area contributed by atoms with Crippen molar-refractivity contribution >= 4 is 23.2 Å². The highest BCUT2D eigenvalue weighted by Gasteiger charge is 2.05. The molecule has 3 nitrogen and oxygen atoms in total. The average molecular weight is 146 g/mol. The van der Waals surface area contributed by atoms with E-state index in [9.17, 15) is 4.79 Å². The second kappa shape index (κ2) is 3.40. The molecule has 4 heteroatoms. The minimum atomic E-state index is -0.137. The Labute approximate surface area is 59.6 Å². The van der Waals surface area contributed by atoms with Crippen LogP contribution in [0, 0.1) is 5.92 Å². The Kier molecular flexibility index (Phi) is 3.16. The van der Waals surface area contributed by atoms with Gasteiger partial charge in [-0.05, 0) is 12.2 Å². The van der Waals surface area contributed by atoms with E-state index in [0.29, 0.717) is 0 Å². The van der Waals surface area contributed by atoms with E-state index in [0.717, 1.165) is 0 Å². The molecule has 0 fully saturated rings. The summed E-state index contributed by atoms with van der Waals surface area (Å²) in [6.07, 6.45) is 0. The van der Waals surface area contributed by atoms with Crippen LogP contribution >= 0.6 is 12.2 Å². The van der Waals surface area contributed by atoms with Gasteiger partial charge in [-0.3, -0.25) is 4.79 Å². The Hall–Kier alpha value is -0.640. The van der Waals surface area contributed by atoms with Gasteiger partial charge in [-0.1, -0.05) is 13.8 Å². The molecule has 0 aromatic carbocycles. The largest absolute Gasteiger partial charge is 0.376 e. The summed E-state index contributed by atoms with van der Waals surface area (Å²) in [4.78, 5) is 10.7. The Morgan fingerprint density at radius 2 is 2.11 bits per heavy atom. The van der Waals surface area contributed by atoms with E-state index >= 15 is 0 Å². The lowest BCUT2D eigenvalue weighted by Crippen LogP contribution is -2.37. The van der Waals surface area contributed by atoms with Crippen LogP contribution in [0.5, 0.6) is 0 Å². The molecule has 0 spiro atoms. The van der Waals surface area contributed by atoms with E-state index < -0.39 is 0 Å². The fourth-order valence-electron chi connectivity index (χ4n) is 0.266. The fraction of sp³-hybridized carbons (Fsp3) is 0.600. The molecular formula is C5H10N2OS. The van der Waals surface area contributed by atoms with Crippen LogP contribution in [0.4, 0.5) is 0 Å². The van der Waals surface area contributed by atoms with Crippen molar-refractivity contribution in [1.29, 1.82) is 0 Å². The van der Waals surface area contributed by atoms with Gasteiger partial charge in [-0.15, -0.1) is 0 Å². The number of hydrogen-bond acceptors (Lipinski definition) is 2. The predicted molar refractivity (Wildman–Crippen MR) is 39.8 cm³/mol. The van der Waals surface area contributed by atoms with Crippen molar-refractivity contribution in [2.45, 2.75) is 13.8 Å². The van der Waals surface area contributed by atoms with Crippen LogP contribution in [-0.2, 0) is 4.79 Å². The third kappa shape index (κ3) is 3.90. The predicted octanol–water partition coefficient (Wildman–Crippen LogP) is 0.00220. The number of nitrogens with two attached hydrogens (primary N) is 1. The van der Waals surface area contributed by atoms with Gasteiger partial charge in [0.2, 0.25) is 5.91 Å². The molecule has 3 N–H and O–H groups in total. The van der Waals surface area contributed by atoms with Crippen molar-refractivity contribution in [3.63, 3.8) is 0 Å². The highest BCUT2D eigenvalue weighted by molar-refractivity contribution is 7.80. The maximum absolute atomic E-state index is 10.7. The fourth-order valence-corrected chi connectivity index (χ4v) is 0.366. The SMILES string of the molecule is CC(C)C(=O)NC(N)=S. The molecule has 0 aliphatic heterocycles. The lowest BCUT2D eigenvalue weighted by Gasteiger charge is -2.03. The van der Waals surface area contributed by atoms with Gasteiger partial charge in [0.05, 0.1) is 0 Å².